The third-order valence-corrected chi connectivity index (χ3v) is 3.93. The summed E-state index contributed by atoms with van der Waals surface area (Å²) >= 11 is 0. The average molecular weight is 238 g/mol. The number of hydrogen-bond acceptors (Lipinski definition) is 2. The first-order valence-electron chi connectivity index (χ1n) is 7.43. The standard InChI is InChI=1S/C15H30N2/c1-2-3-9-12-17-15(13-16)14-10-7-5-4-6-8-11-14/h2-3,14-15,17H,4-13,16H2,1H3/b3-2+. The molecule has 0 saturated heterocycles. The number of nitrogens with two attached hydrogens (primary N) is 1. The molecule has 0 radical (unpaired) electrons. The molecule has 0 spiro atoms. The van der Waals surface area contributed by atoms with Crippen LogP contribution in [0.5, 0.6) is 0 Å². The van der Waals surface area contributed by atoms with E-state index in [0.717, 1.165) is 25.4 Å². The van der Waals surface area contributed by atoms with Crippen LogP contribution in [-0.4, -0.2) is 19.1 Å². The van der Waals surface area contributed by atoms with Gasteiger partial charge in [-0.25, -0.2) is 0 Å². The molecule has 1 unspecified atom stereocenters. The number of rotatable bonds is 6. The maximum Gasteiger partial charge on any atom is 0.0218 e. The zero-order valence-electron chi connectivity index (χ0n) is 11.5. The maximum absolute atomic E-state index is 5.93. The van der Waals surface area contributed by atoms with Crippen molar-refractivity contribution in [1.82, 2.24) is 5.32 Å². The summed E-state index contributed by atoms with van der Waals surface area (Å²) < 4.78 is 0. The second kappa shape index (κ2) is 9.67. The van der Waals surface area contributed by atoms with E-state index in [4.69, 9.17) is 5.73 Å². The molecule has 1 saturated carbocycles. The molecule has 100 valence electrons. The average Bonchev–Trinajstić information content (AvgIpc) is 2.30. The van der Waals surface area contributed by atoms with E-state index in [1.807, 2.05) is 0 Å². The number of nitrogens with one attached hydrogen (secondary N) is 1. The molecule has 0 aromatic rings. The number of hydrogen-bond donors (Lipinski definition) is 2. The summed E-state index contributed by atoms with van der Waals surface area (Å²) in [6.07, 6.45) is 15.3. The van der Waals surface area contributed by atoms with Gasteiger partial charge in [0.15, 0.2) is 0 Å². The van der Waals surface area contributed by atoms with Gasteiger partial charge in [-0.1, -0.05) is 44.3 Å². The van der Waals surface area contributed by atoms with Crippen molar-refractivity contribution >= 4 is 0 Å². The van der Waals surface area contributed by atoms with Gasteiger partial charge in [-0.05, 0) is 38.6 Å². The van der Waals surface area contributed by atoms with Crippen molar-refractivity contribution in [2.45, 2.75) is 64.3 Å². The van der Waals surface area contributed by atoms with E-state index in [2.05, 4.69) is 24.4 Å². The molecule has 0 aromatic heterocycles. The van der Waals surface area contributed by atoms with Crippen LogP contribution >= 0.6 is 0 Å². The second-order valence-corrected chi connectivity index (χ2v) is 5.26. The van der Waals surface area contributed by atoms with Gasteiger partial charge in [-0.2, -0.15) is 0 Å². The maximum atomic E-state index is 5.93. The fourth-order valence-electron chi connectivity index (χ4n) is 2.85. The molecule has 0 aromatic carbocycles. The monoisotopic (exact) mass is 238 g/mol. The van der Waals surface area contributed by atoms with Crippen LogP contribution in [0.25, 0.3) is 0 Å². The van der Waals surface area contributed by atoms with Crippen molar-refractivity contribution in [3.8, 4) is 0 Å². The quantitative estimate of drug-likeness (QED) is 0.551. The van der Waals surface area contributed by atoms with Crippen LogP contribution in [0.2, 0.25) is 0 Å². The lowest BCUT2D eigenvalue weighted by molar-refractivity contribution is 0.290. The fraction of sp³-hybridized carbons (Fsp3) is 0.867. The molecule has 2 heteroatoms. The summed E-state index contributed by atoms with van der Waals surface area (Å²) in [5.41, 5.74) is 5.93. The molecule has 1 rings (SSSR count). The Morgan fingerprint density at radius 3 is 2.41 bits per heavy atom. The summed E-state index contributed by atoms with van der Waals surface area (Å²) in [6.45, 7) is 3.94. The highest BCUT2D eigenvalue weighted by Gasteiger charge is 2.19. The van der Waals surface area contributed by atoms with Crippen molar-refractivity contribution in [3.05, 3.63) is 12.2 Å². The van der Waals surface area contributed by atoms with Gasteiger partial charge < -0.3 is 11.1 Å². The first kappa shape index (κ1) is 14.7. The van der Waals surface area contributed by atoms with Gasteiger partial charge in [0.1, 0.15) is 0 Å². The van der Waals surface area contributed by atoms with Gasteiger partial charge >= 0.3 is 0 Å². The van der Waals surface area contributed by atoms with E-state index in [1.165, 1.54) is 44.9 Å². The minimum absolute atomic E-state index is 0.540. The Balaban J connectivity index is 2.29. The Morgan fingerprint density at radius 1 is 1.18 bits per heavy atom. The highest BCUT2D eigenvalue weighted by molar-refractivity contribution is 4.82. The lowest BCUT2D eigenvalue weighted by Crippen LogP contribution is -2.42. The van der Waals surface area contributed by atoms with Crippen LogP contribution < -0.4 is 11.1 Å². The van der Waals surface area contributed by atoms with Crippen molar-refractivity contribution < 1.29 is 0 Å². The predicted octanol–water partition coefficient (Wildman–Crippen LogP) is 3.23. The van der Waals surface area contributed by atoms with E-state index >= 15 is 0 Å². The molecule has 3 N–H and O–H groups in total. The fourth-order valence-corrected chi connectivity index (χ4v) is 2.85. The first-order valence-corrected chi connectivity index (χ1v) is 7.43. The predicted molar refractivity (Wildman–Crippen MR) is 76.1 cm³/mol. The Labute approximate surface area is 107 Å². The topological polar surface area (TPSA) is 38.0 Å². The summed E-state index contributed by atoms with van der Waals surface area (Å²) in [6, 6.07) is 0.540. The zero-order chi connectivity index (χ0) is 12.3. The molecule has 0 bridgehead atoms. The highest BCUT2D eigenvalue weighted by atomic mass is 14.9. The van der Waals surface area contributed by atoms with E-state index in [0.29, 0.717) is 6.04 Å². The molecule has 1 fully saturated rings. The van der Waals surface area contributed by atoms with Crippen LogP contribution in [0.15, 0.2) is 12.2 Å². The minimum atomic E-state index is 0.540. The smallest absolute Gasteiger partial charge is 0.0218 e. The molecule has 1 aliphatic carbocycles. The lowest BCUT2D eigenvalue weighted by Gasteiger charge is -2.28. The summed E-state index contributed by atoms with van der Waals surface area (Å²) in [4.78, 5) is 0. The number of allylic oxidation sites excluding steroid dienone is 1. The van der Waals surface area contributed by atoms with Crippen LogP contribution in [0.1, 0.15) is 58.3 Å². The second-order valence-electron chi connectivity index (χ2n) is 5.26. The minimum Gasteiger partial charge on any atom is -0.329 e. The zero-order valence-corrected chi connectivity index (χ0v) is 11.5. The molecule has 2 nitrogen and oxygen atoms in total. The Bertz CT molecular complexity index is 193. The summed E-state index contributed by atoms with van der Waals surface area (Å²) in [5, 5.41) is 3.65. The Hall–Kier alpha value is -0.340. The highest BCUT2D eigenvalue weighted by Crippen LogP contribution is 2.24. The van der Waals surface area contributed by atoms with E-state index in [9.17, 15) is 0 Å². The van der Waals surface area contributed by atoms with Crippen molar-refractivity contribution in [2.75, 3.05) is 13.1 Å². The van der Waals surface area contributed by atoms with Gasteiger partial charge in [-0.15, -0.1) is 0 Å². The molecule has 1 aliphatic rings. The van der Waals surface area contributed by atoms with E-state index in [-0.39, 0.29) is 0 Å². The molecule has 0 aliphatic heterocycles. The van der Waals surface area contributed by atoms with Crippen LogP contribution in [0, 0.1) is 5.92 Å². The van der Waals surface area contributed by atoms with Crippen LogP contribution in [0.3, 0.4) is 0 Å². The molecule has 0 amide bonds. The van der Waals surface area contributed by atoms with E-state index < -0.39 is 0 Å². The van der Waals surface area contributed by atoms with Gasteiger partial charge in [-0.3, -0.25) is 0 Å². The SMILES string of the molecule is C/C=C/CCNC(CN)C1CCCCCCC1. The first-order chi connectivity index (χ1) is 8.38. The van der Waals surface area contributed by atoms with Crippen molar-refractivity contribution in [3.63, 3.8) is 0 Å². The lowest BCUT2D eigenvalue weighted by atomic mass is 9.86. The normalized spacial score (nSPS) is 21.3. The van der Waals surface area contributed by atoms with Crippen molar-refractivity contribution in [2.24, 2.45) is 11.7 Å². The third-order valence-electron chi connectivity index (χ3n) is 3.93. The van der Waals surface area contributed by atoms with Gasteiger partial charge in [0, 0.05) is 12.6 Å². The molecule has 17 heavy (non-hydrogen) atoms. The molecular weight excluding hydrogens is 208 g/mol. The summed E-state index contributed by atoms with van der Waals surface area (Å²) in [5.74, 6) is 0.811. The molecule has 1 atom stereocenters. The summed E-state index contributed by atoms with van der Waals surface area (Å²) in [7, 11) is 0. The van der Waals surface area contributed by atoms with Crippen LogP contribution in [-0.2, 0) is 0 Å². The van der Waals surface area contributed by atoms with Crippen molar-refractivity contribution in [1.29, 1.82) is 0 Å². The van der Waals surface area contributed by atoms with Gasteiger partial charge in [0.25, 0.3) is 0 Å². The Kier molecular flexibility index (Phi) is 8.37. The van der Waals surface area contributed by atoms with Gasteiger partial charge in [0.2, 0.25) is 0 Å². The van der Waals surface area contributed by atoms with Gasteiger partial charge in [0.05, 0.1) is 0 Å². The van der Waals surface area contributed by atoms with Crippen LogP contribution in [0.4, 0.5) is 0 Å². The Morgan fingerprint density at radius 2 is 1.82 bits per heavy atom. The molecular formula is C15H30N2. The molecule has 0 heterocycles. The third kappa shape index (κ3) is 6.23. The van der Waals surface area contributed by atoms with E-state index in [1.54, 1.807) is 0 Å². The largest absolute Gasteiger partial charge is 0.329 e.